The van der Waals surface area contributed by atoms with Gasteiger partial charge in [-0.1, -0.05) is 6.08 Å². The Morgan fingerprint density at radius 2 is 1.93 bits per heavy atom. The van der Waals surface area contributed by atoms with Gasteiger partial charge in [0.25, 0.3) is 5.91 Å². The smallest absolute Gasteiger partial charge is 0.277 e. The van der Waals surface area contributed by atoms with Crippen molar-refractivity contribution in [2.24, 2.45) is 5.10 Å². The molecule has 0 bridgehead atoms. The molecule has 0 saturated carbocycles. The molecule has 0 fully saturated rings. The Kier molecular flexibility index (Phi) is 7.90. The van der Waals surface area contributed by atoms with E-state index in [9.17, 15) is 9.90 Å². The van der Waals surface area contributed by atoms with Gasteiger partial charge in [-0.25, -0.2) is 5.43 Å². The maximum absolute atomic E-state index is 11.9. The molecule has 0 aromatic heterocycles. The van der Waals surface area contributed by atoms with Gasteiger partial charge in [0, 0.05) is 5.56 Å². The lowest BCUT2D eigenvalue weighted by atomic mass is 10.1. The molecule has 1 amide bonds. The molecule has 2 N–H and O–H groups in total. The second kappa shape index (κ2) is 10.6. The van der Waals surface area contributed by atoms with E-state index in [4.69, 9.17) is 14.2 Å². The summed E-state index contributed by atoms with van der Waals surface area (Å²) in [6.45, 7) is 5.75. The molecule has 0 aliphatic carbocycles. The lowest BCUT2D eigenvalue weighted by molar-refractivity contribution is -0.123. The summed E-state index contributed by atoms with van der Waals surface area (Å²) in [5, 5.41) is 14.1. The van der Waals surface area contributed by atoms with Crippen LogP contribution in [-0.4, -0.2) is 37.6 Å². The van der Waals surface area contributed by atoms with Crippen LogP contribution in [0.2, 0.25) is 0 Å². The predicted molar refractivity (Wildman–Crippen MR) is 107 cm³/mol. The first kappa shape index (κ1) is 20.8. The van der Waals surface area contributed by atoms with Gasteiger partial charge < -0.3 is 19.3 Å². The average Bonchev–Trinajstić information content (AvgIpc) is 2.70. The van der Waals surface area contributed by atoms with E-state index in [0.29, 0.717) is 41.4 Å². The Morgan fingerprint density at radius 1 is 1.21 bits per heavy atom. The number of nitrogens with one attached hydrogen (secondary N) is 1. The van der Waals surface area contributed by atoms with Crippen molar-refractivity contribution >= 4 is 12.1 Å². The first-order valence-corrected chi connectivity index (χ1v) is 8.75. The van der Waals surface area contributed by atoms with Gasteiger partial charge in [0.1, 0.15) is 11.5 Å². The Hall–Kier alpha value is -3.48. The fraction of sp³-hybridized carbons (Fsp3) is 0.238. The summed E-state index contributed by atoms with van der Waals surface area (Å²) >= 11 is 0. The summed E-state index contributed by atoms with van der Waals surface area (Å²) in [4.78, 5) is 11.9. The number of rotatable bonds is 10. The van der Waals surface area contributed by atoms with Gasteiger partial charge in [0.15, 0.2) is 18.1 Å². The third-order valence-corrected chi connectivity index (χ3v) is 3.67. The van der Waals surface area contributed by atoms with Crippen molar-refractivity contribution in [3.63, 3.8) is 0 Å². The van der Waals surface area contributed by atoms with E-state index in [2.05, 4.69) is 17.1 Å². The number of hydrogen-bond donors (Lipinski definition) is 2. The summed E-state index contributed by atoms with van der Waals surface area (Å²) < 4.78 is 15.9. The minimum atomic E-state index is -0.401. The fourth-order valence-electron chi connectivity index (χ4n) is 2.37. The van der Waals surface area contributed by atoms with E-state index in [1.54, 1.807) is 49.6 Å². The van der Waals surface area contributed by atoms with Crippen LogP contribution in [0, 0.1) is 0 Å². The highest BCUT2D eigenvalue weighted by atomic mass is 16.5. The van der Waals surface area contributed by atoms with Gasteiger partial charge in [0.05, 0.1) is 19.9 Å². The van der Waals surface area contributed by atoms with Crippen LogP contribution >= 0.6 is 0 Å². The number of hydrazone groups is 1. The Bertz CT molecular complexity index is 831. The SMILES string of the molecule is C=CCc1cc(/C=N/NC(=O)COc2ccc(OC)cc2)cc(OCC)c1O. The maximum atomic E-state index is 11.9. The first-order valence-electron chi connectivity index (χ1n) is 8.75. The highest BCUT2D eigenvalue weighted by molar-refractivity contribution is 5.84. The second-order valence-corrected chi connectivity index (χ2v) is 5.71. The van der Waals surface area contributed by atoms with E-state index in [-0.39, 0.29) is 12.4 Å². The van der Waals surface area contributed by atoms with Gasteiger partial charge >= 0.3 is 0 Å². The fourth-order valence-corrected chi connectivity index (χ4v) is 2.37. The summed E-state index contributed by atoms with van der Waals surface area (Å²) in [7, 11) is 1.58. The van der Waals surface area contributed by atoms with Crippen molar-refractivity contribution in [2.45, 2.75) is 13.3 Å². The van der Waals surface area contributed by atoms with E-state index < -0.39 is 5.91 Å². The Morgan fingerprint density at radius 3 is 2.57 bits per heavy atom. The van der Waals surface area contributed by atoms with Crippen molar-refractivity contribution in [3.8, 4) is 23.0 Å². The Labute approximate surface area is 164 Å². The molecule has 0 aliphatic rings. The predicted octanol–water partition coefficient (Wildman–Crippen LogP) is 3.06. The number of phenolic OH excluding ortho intramolecular Hbond substituents is 1. The zero-order valence-electron chi connectivity index (χ0n) is 16.0. The molecule has 2 aromatic carbocycles. The van der Waals surface area contributed by atoms with E-state index in [1.165, 1.54) is 6.21 Å². The summed E-state index contributed by atoms with van der Waals surface area (Å²) in [6, 6.07) is 10.3. The highest BCUT2D eigenvalue weighted by Gasteiger charge is 2.09. The average molecular weight is 384 g/mol. The van der Waals surface area contributed by atoms with Crippen LogP contribution in [0.5, 0.6) is 23.0 Å². The van der Waals surface area contributed by atoms with Gasteiger partial charge in [-0.2, -0.15) is 5.10 Å². The molecule has 0 heterocycles. The zero-order chi connectivity index (χ0) is 20.4. The number of carbonyl (C=O) groups is 1. The van der Waals surface area contributed by atoms with Crippen molar-refractivity contribution in [3.05, 3.63) is 60.2 Å². The number of aromatic hydroxyl groups is 1. The van der Waals surface area contributed by atoms with E-state index in [1.807, 2.05) is 6.92 Å². The lowest BCUT2D eigenvalue weighted by Gasteiger charge is -2.10. The first-order chi connectivity index (χ1) is 13.6. The van der Waals surface area contributed by atoms with E-state index in [0.717, 1.165) is 0 Å². The largest absolute Gasteiger partial charge is 0.504 e. The molecule has 0 atom stereocenters. The van der Waals surface area contributed by atoms with Gasteiger partial charge in [-0.15, -0.1) is 6.58 Å². The van der Waals surface area contributed by atoms with Gasteiger partial charge in [0.2, 0.25) is 0 Å². The number of allylic oxidation sites excluding steroid dienone is 1. The molecule has 7 heteroatoms. The molecule has 0 saturated heterocycles. The molecule has 0 radical (unpaired) electrons. The van der Waals surface area contributed by atoms with Crippen LogP contribution in [0.1, 0.15) is 18.1 Å². The number of methoxy groups -OCH3 is 1. The summed E-state index contributed by atoms with van der Waals surface area (Å²) in [5.74, 6) is 1.29. The molecule has 2 rings (SSSR count). The summed E-state index contributed by atoms with van der Waals surface area (Å²) in [6.07, 6.45) is 3.64. The third-order valence-electron chi connectivity index (χ3n) is 3.67. The topological polar surface area (TPSA) is 89.4 Å². The van der Waals surface area contributed by atoms with Crippen LogP contribution in [0.3, 0.4) is 0 Å². The number of nitrogens with zero attached hydrogens (tertiary/aromatic N) is 1. The highest BCUT2D eigenvalue weighted by Crippen LogP contribution is 2.31. The minimum Gasteiger partial charge on any atom is -0.504 e. The normalized spacial score (nSPS) is 10.5. The molecule has 148 valence electrons. The molecular weight excluding hydrogens is 360 g/mol. The van der Waals surface area contributed by atoms with Crippen molar-refractivity contribution in [1.29, 1.82) is 0 Å². The number of hydrogen-bond acceptors (Lipinski definition) is 6. The number of amides is 1. The van der Waals surface area contributed by atoms with Gasteiger partial charge in [-0.05, 0) is 55.3 Å². The van der Waals surface area contributed by atoms with Crippen LogP contribution < -0.4 is 19.6 Å². The third kappa shape index (κ3) is 6.05. The van der Waals surface area contributed by atoms with Crippen molar-refractivity contribution < 1.29 is 24.1 Å². The van der Waals surface area contributed by atoms with E-state index >= 15 is 0 Å². The molecule has 0 spiro atoms. The molecule has 28 heavy (non-hydrogen) atoms. The van der Waals surface area contributed by atoms with Crippen molar-refractivity contribution in [1.82, 2.24) is 5.43 Å². The van der Waals surface area contributed by atoms with Crippen molar-refractivity contribution in [2.75, 3.05) is 20.3 Å². The summed E-state index contributed by atoms with van der Waals surface area (Å²) in [5.41, 5.74) is 3.74. The maximum Gasteiger partial charge on any atom is 0.277 e. The van der Waals surface area contributed by atoms with Crippen LogP contribution in [-0.2, 0) is 11.2 Å². The molecule has 2 aromatic rings. The Balaban J connectivity index is 1.94. The number of carbonyl (C=O) groups excluding carboxylic acids is 1. The molecular formula is C21H24N2O5. The second-order valence-electron chi connectivity index (χ2n) is 5.71. The lowest BCUT2D eigenvalue weighted by Crippen LogP contribution is -2.24. The number of ether oxygens (including phenoxy) is 3. The minimum absolute atomic E-state index is 0.0795. The van der Waals surface area contributed by atoms with Crippen LogP contribution in [0.15, 0.2) is 54.2 Å². The quantitative estimate of drug-likeness (QED) is 0.373. The number of phenols is 1. The number of benzene rings is 2. The molecule has 0 aliphatic heterocycles. The molecule has 7 nitrogen and oxygen atoms in total. The van der Waals surface area contributed by atoms with Gasteiger partial charge in [-0.3, -0.25) is 4.79 Å². The standard InChI is InChI=1S/C21H24N2O5/c1-4-6-16-11-15(12-19(21(16)25)27-5-2)13-22-23-20(24)14-28-18-9-7-17(26-3)8-10-18/h4,7-13,25H,1,5-6,14H2,2-3H3,(H,23,24)/b22-13+. The van der Waals surface area contributed by atoms with Crippen LogP contribution in [0.25, 0.3) is 0 Å². The zero-order valence-corrected chi connectivity index (χ0v) is 16.0. The van der Waals surface area contributed by atoms with Crippen LogP contribution in [0.4, 0.5) is 0 Å². The monoisotopic (exact) mass is 384 g/mol. The molecule has 0 unspecified atom stereocenters.